The van der Waals surface area contributed by atoms with Gasteiger partial charge < -0.3 is 14.4 Å². The maximum absolute atomic E-state index is 5.53. The molecule has 0 saturated carbocycles. The summed E-state index contributed by atoms with van der Waals surface area (Å²) >= 11 is 0. The Labute approximate surface area is 203 Å². The molecular weight excluding hydrogens is 442 g/mol. The fourth-order valence-corrected chi connectivity index (χ4v) is 4.04. The summed E-state index contributed by atoms with van der Waals surface area (Å²) in [7, 11) is 5.21. The molecule has 0 fully saturated rings. The molecule has 178 valence electrons. The smallest absolute Gasteiger partial charge is 0.124 e. The molecule has 9 nitrogen and oxygen atoms in total. The molecule has 2 aromatic carbocycles. The van der Waals surface area contributed by atoms with Crippen LogP contribution in [-0.4, -0.2) is 50.3 Å². The summed E-state index contributed by atoms with van der Waals surface area (Å²) in [6.07, 6.45) is 10.2. The average Bonchev–Trinajstić information content (AvgIpc) is 3.57. The van der Waals surface area contributed by atoms with E-state index >= 15 is 0 Å². The standard InChI is InChI=1S/C26H27N7O2/c1-31-18-19(16-29-31)26-17-27-24-7-6-20(14-25(24)30-26)33(11-5-10-32-9-4-8-28-32)21-12-22(34-2)15-23(13-21)35-3/h4,6-9,12-18H,5,10-11H2,1-3H3. The summed E-state index contributed by atoms with van der Waals surface area (Å²) in [5.41, 5.74) is 5.34. The number of benzene rings is 2. The SMILES string of the molecule is COc1cc(OC)cc(N(CCCn2cccn2)c2ccc3ncc(-c4cnn(C)c4)nc3c2)c1. The average molecular weight is 470 g/mol. The summed E-state index contributed by atoms with van der Waals surface area (Å²) < 4.78 is 14.8. The summed E-state index contributed by atoms with van der Waals surface area (Å²) in [5.74, 6) is 1.46. The lowest BCUT2D eigenvalue weighted by Gasteiger charge is -2.26. The Morgan fingerprint density at radius 2 is 1.74 bits per heavy atom. The minimum atomic E-state index is 0.732. The third-order valence-corrected chi connectivity index (χ3v) is 5.81. The Morgan fingerprint density at radius 3 is 2.43 bits per heavy atom. The molecule has 0 atom stereocenters. The fraction of sp³-hybridized carbons (Fsp3) is 0.231. The Hall–Kier alpha value is -4.40. The highest BCUT2D eigenvalue weighted by Crippen LogP contribution is 2.34. The molecule has 0 amide bonds. The van der Waals surface area contributed by atoms with Crippen molar-refractivity contribution >= 4 is 22.4 Å². The summed E-state index contributed by atoms with van der Waals surface area (Å²) in [6.45, 7) is 1.57. The quantitative estimate of drug-likeness (QED) is 0.315. The first kappa shape index (κ1) is 22.4. The number of aryl methyl sites for hydroxylation is 2. The van der Waals surface area contributed by atoms with E-state index in [1.54, 1.807) is 37.5 Å². The van der Waals surface area contributed by atoms with Crippen molar-refractivity contribution in [2.24, 2.45) is 7.05 Å². The van der Waals surface area contributed by atoms with Crippen LogP contribution in [0.25, 0.3) is 22.3 Å². The zero-order valence-corrected chi connectivity index (χ0v) is 20.0. The largest absolute Gasteiger partial charge is 0.497 e. The van der Waals surface area contributed by atoms with Crippen LogP contribution < -0.4 is 14.4 Å². The van der Waals surface area contributed by atoms with E-state index in [4.69, 9.17) is 14.5 Å². The molecule has 0 aliphatic rings. The lowest BCUT2D eigenvalue weighted by atomic mass is 10.1. The molecule has 0 bridgehead atoms. The van der Waals surface area contributed by atoms with Gasteiger partial charge in [-0.15, -0.1) is 0 Å². The molecule has 0 unspecified atom stereocenters. The van der Waals surface area contributed by atoms with Gasteiger partial charge in [-0.25, -0.2) is 4.98 Å². The van der Waals surface area contributed by atoms with Gasteiger partial charge in [-0.1, -0.05) is 0 Å². The van der Waals surface area contributed by atoms with E-state index in [-0.39, 0.29) is 0 Å². The van der Waals surface area contributed by atoms with Crippen molar-refractivity contribution in [2.75, 3.05) is 25.7 Å². The molecule has 3 aromatic heterocycles. The maximum atomic E-state index is 5.53. The number of fused-ring (bicyclic) bond motifs is 1. The second-order valence-electron chi connectivity index (χ2n) is 8.18. The first-order chi connectivity index (χ1) is 17.1. The van der Waals surface area contributed by atoms with E-state index in [1.165, 1.54) is 0 Å². The van der Waals surface area contributed by atoms with Crippen molar-refractivity contribution in [1.82, 2.24) is 29.5 Å². The van der Waals surface area contributed by atoms with Crippen LogP contribution >= 0.6 is 0 Å². The number of hydrogen-bond acceptors (Lipinski definition) is 7. The highest BCUT2D eigenvalue weighted by Gasteiger charge is 2.15. The second-order valence-corrected chi connectivity index (χ2v) is 8.18. The normalized spacial score (nSPS) is 11.1. The molecule has 0 spiro atoms. The van der Waals surface area contributed by atoms with Crippen LogP contribution in [0.3, 0.4) is 0 Å². The molecule has 0 N–H and O–H groups in total. The Balaban J connectivity index is 1.53. The van der Waals surface area contributed by atoms with E-state index in [0.29, 0.717) is 0 Å². The first-order valence-corrected chi connectivity index (χ1v) is 11.4. The van der Waals surface area contributed by atoms with Gasteiger partial charge in [-0.05, 0) is 30.7 Å². The Bertz CT molecular complexity index is 1410. The number of aromatic nitrogens is 6. The zero-order chi connectivity index (χ0) is 24.2. The molecule has 5 rings (SSSR count). The van der Waals surface area contributed by atoms with Gasteiger partial charge >= 0.3 is 0 Å². The van der Waals surface area contributed by atoms with Crippen molar-refractivity contribution in [3.05, 3.63) is 73.4 Å². The minimum Gasteiger partial charge on any atom is -0.497 e. The maximum Gasteiger partial charge on any atom is 0.124 e. The van der Waals surface area contributed by atoms with Crippen LogP contribution in [0.5, 0.6) is 11.5 Å². The highest BCUT2D eigenvalue weighted by atomic mass is 16.5. The number of ether oxygens (including phenoxy) is 2. The molecular formula is C26H27N7O2. The number of anilines is 2. The van der Waals surface area contributed by atoms with E-state index in [9.17, 15) is 0 Å². The van der Waals surface area contributed by atoms with Crippen LogP contribution in [0, 0.1) is 0 Å². The van der Waals surface area contributed by atoms with E-state index in [0.717, 1.165) is 64.7 Å². The van der Waals surface area contributed by atoms with Crippen molar-refractivity contribution in [2.45, 2.75) is 13.0 Å². The van der Waals surface area contributed by atoms with Crippen LogP contribution in [0.2, 0.25) is 0 Å². The van der Waals surface area contributed by atoms with Gasteiger partial charge in [-0.2, -0.15) is 10.2 Å². The van der Waals surface area contributed by atoms with Gasteiger partial charge in [0.2, 0.25) is 0 Å². The van der Waals surface area contributed by atoms with E-state index in [1.807, 2.05) is 54.5 Å². The van der Waals surface area contributed by atoms with Crippen LogP contribution in [0.15, 0.2) is 73.4 Å². The summed E-state index contributed by atoms with van der Waals surface area (Å²) in [4.78, 5) is 11.7. The molecule has 0 saturated heterocycles. The number of hydrogen-bond donors (Lipinski definition) is 0. The van der Waals surface area contributed by atoms with Crippen molar-refractivity contribution < 1.29 is 9.47 Å². The topological polar surface area (TPSA) is 83.1 Å². The van der Waals surface area contributed by atoms with Crippen LogP contribution in [0.4, 0.5) is 11.4 Å². The summed E-state index contributed by atoms with van der Waals surface area (Å²) in [5, 5.41) is 8.58. The lowest BCUT2D eigenvalue weighted by Crippen LogP contribution is -2.20. The van der Waals surface area contributed by atoms with Crippen molar-refractivity contribution in [3.63, 3.8) is 0 Å². The third-order valence-electron chi connectivity index (χ3n) is 5.81. The molecule has 9 heteroatoms. The van der Waals surface area contributed by atoms with Gasteiger partial charge in [0.25, 0.3) is 0 Å². The second kappa shape index (κ2) is 9.84. The highest BCUT2D eigenvalue weighted by molar-refractivity contribution is 5.82. The molecule has 0 aliphatic heterocycles. The number of nitrogens with zero attached hydrogens (tertiary/aromatic N) is 7. The van der Waals surface area contributed by atoms with Crippen molar-refractivity contribution in [3.8, 4) is 22.8 Å². The fourth-order valence-electron chi connectivity index (χ4n) is 4.04. The Kier molecular flexibility index (Phi) is 6.30. The number of rotatable bonds is 9. The molecule has 35 heavy (non-hydrogen) atoms. The monoisotopic (exact) mass is 469 g/mol. The first-order valence-electron chi connectivity index (χ1n) is 11.4. The lowest BCUT2D eigenvalue weighted by molar-refractivity contribution is 0.394. The van der Waals surface area contributed by atoms with Gasteiger partial charge in [0.05, 0.1) is 43.3 Å². The van der Waals surface area contributed by atoms with Gasteiger partial charge in [0, 0.05) is 73.9 Å². The zero-order valence-electron chi connectivity index (χ0n) is 20.0. The van der Waals surface area contributed by atoms with E-state index < -0.39 is 0 Å². The van der Waals surface area contributed by atoms with Crippen LogP contribution in [0.1, 0.15) is 6.42 Å². The molecule has 3 heterocycles. The van der Waals surface area contributed by atoms with Gasteiger partial charge in [-0.3, -0.25) is 14.3 Å². The van der Waals surface area contributed by atoms with Crippen molar-refractivity contribution in [1.29, 1.82) is 0 Å². The Morgan fingerprint density at radius 1 is 0.914 bits per heavy atom. The van der Waals surface area contributed by atoms with Gasteiger partial charge in [0.15, 0.2) is 0 Å². The number of methoxy groups -OCH3 is 2. The predicted molar refractivity (Wildman–Crippen MR) is 135 cm³/mol. The predicted octanol–water partition coefficient (Wildman–Crippen LogP) is 4.47. The third kappa shape index (κ3) is 4.93. The molecule has 5 aromatic rings. The molecule has 0 aliphatic carbocycles. The van der Waals surface area contributed by atoms with Crippen LogP contribution in [-0.2, 0) is 13.6 Å². The summed E-state index contributed by atoms with van der Waals surface area (Å²) in [6, 6.07) is 14.0. The van der Waals surface area contributed by atoms with E-state index in [2.05, 4.69) is 32.2 Å². The minimum absolute atomic E-state index is 0.732. The van der Waals surface area contributed by atoms with Gasteiger partial charge in [0.1, 0.15) is 11.5 Å². The molecule has 0 radical (unpaired) electrons.